The van der Waals surface area contributed by atoms with Crippen molar-refractivity contribution in [2.75, 3.05) is 17.7 Å². The zero-order valence-electron chi connectivity index (χ0n) is 16.5. The van der Waals surface area contributed by atoms with Crippen LogP contribution in [0.2, 0.25) is 0 Å². The number of nitrogens with one attached hydrogen (secondary N) is 2. The molecule has 1 unspecified atom stereocenters. The van der Waals surface area contributed by atoms with E-state index in [1.54, 1.807) is 13.2 Å². The van der Waals surface area contributed by atoms with Crippen molar-refractivity contribution in [3.8, 4) is 5.75 Å². The van der Waals surface area contributed by atoms with Crippen molar-refractivity contribution in [3.05, 3.63) is 77.1 Å². The molecule has 0 fully saturated rings. The molecule has 1 atom stereocenters. The van der Waals surface area contributed by atoms with Crippen LogP contribution in [0.25, 0.3) is 0 Å². The number of hydrogen-bond donors (Lipinski definition) is 2. The fraction of sp³-hybridized carbons (Fsp3) is 0.227. The summed E-state index contributed by atoms with van der Waals surface area (Å²) in [6.07, 6.45) is 0. The van der Waals surface area contributed by atoms with Crippen LogP contribution in [0.3, 0.4) is 0 Å². The highest BCUT2D eigenvalue weighted by molar-refractivity contribution is 6.04. The summed E-state index contributed by atoms with van der Waals surface area (Å²) in [5.41, 5.74) is 3.74. The summed E-state index contributed by atoms with van der Waals surface area (Å²) in [7, 11) is 1.57. The van der Waals surface area contributed by atoms with Crippen LogP contribution in [0.1, 0.15) is 40.3 Å². The van der Waals surface area contributed by atoms with Crippen molar-refractivity contribution >= 4 is 17.5 Å². The zero-order chi connectivity index (χ0) is 20.1. The largest absolute Gasteiger partial charge is 0.495 e. The summed E-state index contributed by atoms with van der Waals surface area (Å²) in [5.74, 6) is 0.698. The monoisotopic (exact) mass is 376 g/mol. The molecule has 3 rings (SSSR count). The summed E-state index contributed by atoms with van der Waals surface area (Å²) >= 11 is 0. The molecular weight excluding hydrogens is 352 g/mol. The molecule has 1 aromatic heterocycles. The third kappa shape index (κ3) is 4.65. The minimum atomic E-state index is -0.315. The predicted molar refractivity (Wildman–Crippen MR) is 111 cm³/mol. The Kier molecular flexibility index (Phi) is 5.89. The Balaban J connectivity index is 1.81. The lowest BCUT2D eigenvalue weighted by Gasteiger charge is -2.15. The van der Waals surface area contributed by atoms with E-state index in [1.165, 1.54) is 0 Å². The first-order chi connectivity index (χ1) is 13.5. The summed E-state index contributed by atoms with van der Waals surface area (Å²) in [4.78, 5) is 21.6. The number of amides is 1. The highest BCUT2D eigenvalue weighted by Gasteiger charge is 2.15. The van der Waals surface area contributed by atoms with Crippen LogP contribution in [0.5, 0.6) is 5.75 Å². The molecule has 6 nitrogen and oxygen atoms in total. The molecule has 144 valence electrons. The number of carbonyl (C=O) groups excluding carboxylic acids is 1. The van der Waals surface area contributed by atoms with Crippen LogP contribution >= 0.6 is 0 Å². The van der Waals surface area contributed by atoms with Gasteiger partial charge in [-0.3, -0.25) is 4.79 Å². The van der Waals surface area contributed by atoms with Gasteiger partial charge in [0.25, 0.3) is 5.91 Å². The van der Waals surface area contributed by atoms with Crippen LogP contribution in [0.4, 0.5) is 11.6 Å². The Hall–Kier alpha value is -3.41. The Bertz CT molecular complexity index is 974. The number of anilines is 2. The van der Waals surface area contributed by atoms with Crippen molar-refractivity contribution in [2.24, 2.45) is 0 Å². The quantitative estimate of drug-likeness (QED) is 0.661. The van der Waals surface area contributed by atoms with Crippen molar-refractivity contribution in [2.45, 2.75) is 26.8 Å². The predicted octanol–water partition coefficient (Wildman–Crippen LogP) is 4.53. The lowest BCUT2D eigenvalue weighted by Crippen LogP contribution is -2.17. The van der Waals surface area contributed by atoms with Crippen LogP contribution in [-0.4, -0.2) is 23.0 Å². The van der Waals surface area contributed by atoms with Gasteiger partial charge in [0.1, 0.15) is 11.4 Å². The normalized spacial score (nSPS) is 11.6. The lowest BCUT2D eigenvalue weighted by molar-refractivity contribution is 0.102. The van der Waals surface area contributed by atoms with Gasteiger partial charge in [-0.2, -0.15) is 0 Å². The van der Waals surface area contributed by atoms with E-state index in [4.69, 9.17) is 4.74 Å². The van der Waals surface area contributed by atoms with Crippen molar-refractivity contribution in [1.29, 1.82) is 0 Å². The van der Waals surface area contributed by atoms with Crippen LogP contribution in [-0.2, 0) is 0 Å². The van der Waals surface area contributed by atoms with Gasteiger partial charge in [0, 0.05) is 5.69 Å². The molecule has 0 aliphatic carbocycles. The topological polar surface area (TPSA) is 76.1 Å². The first-order valence-corrected chi connectivity index (χ1v) is 9.09. The fourth-order valence-electron chi connectivity index (χ4n) is 2.87. The van der Waals surface area contributed by atoms with E-state index in [9.17, 15) is 4.79 Å². The number of nitrogens with zero attached hydrogens (tertiary/aromatic N) is 2. The number of hydrogen-bond acceptors (Lipinski definition) is 5. The number of rotatable bonds is 6. The molecule has 2 aromatic carbocycles. The van der Waals surface area contributed by atoms with E-state index >= 15 is 0 Å². The highest BCUT2D eigenvalue weighted by atomic mass is 16.5. The summed E-state index contributed by atoms with van der Waals surface area (Å²) < 4.78 is 5.33. The van der Waals surface area contributed by atoms with Gasteiger partial charge in [0.2, 0.25) is 5.95 Å². The standard InChI is InChI=1S/C22H24N4O2/c1-14-10-11-20(28-4)18(12-14)25-21(27)19-13-15(2)23-22(26-19)24-16(3)17-8-6-5-7-9-17/h5-13,16H,1-4H3,(H,25,27)(H,23,24,26). The Labute approximate surface area is 165 Å². The molecule has 28 heavy (non-hydrogen) atoms. The first kappa shape index (κ1) is 19.4. The number of methoxy groups -OCH3 is 1. The molecule has 0 spiro atoms. The molecule has 0 radical (unpaired) electrons. The Morgan fingerprint density at radius 3 is 2.50 bits per heavy atom. The van der Waals surface area contributed by atoms with Gasteiger partial charge in [-0.25, -0.2) is 9.97 Å². The van der Waals surface area contributed by atoms with Gasteiger partial charge in [0.15, 0.2) is 0 Å². The maximum Gasteiger partial charge on any atom is 0.274 e. The number of ether oxygens (including phenoxy) is 1. The van der Waals surface area contributed by atoms with Crippen LogP contribution < -0.4 is 15.4 Å². The van der Waals surface area contributed by atoms with Gasteiger partial charge < -0.3 is 15.4 Å². The van der Waals surface area contributed by atoms with Gasteiger partial charge in [-0.1, -0.05) is 36.4 Å². The molecule has 3 aromatic rings. The maximum absolute atomic E-state index is 12.8. The molecule has 2 N–H and O–H groups in total. The zero-order valence-corrected chi connectivity index (χ0v) is 16.5. The van der Waals surface area contributed by atoms with E-state index in [1.807, 2.05) is 69.3 Å². The van der Waals surface area contributed by atoms with Gasteiger partial charge in [-0.05, 0) is 50.1 Å². The summed E-state index contributed by atoms with van der Waals surface area (Å²) in [6, 6.07) is 17.3. The lowest BCUT2D eigenvalue weighted by atomic mass is 10.1. The molecule has 1 amide bonds. The highest BCUT2D eigenvalue weighted by Crippen LogP contribution is 2.26. The fourth-order valence-corrected chi connectivity index (χ4v) is 2.87. The summed E-state index contributed by atoms with van der Waals surface area (Å²) in [6.45, 7) is 5.82. The third-order valence-electron chi connectivity index (χ3n) is 4.34. The SMILES string of the molecule is COc1ccc(C)cc1NC(=O)c1cc(C)nc(NC(C)c2ccccc2)n1. The van der Waals surface area contributed by atoms with Crippen LogP contribution in [0.15, 0.2) is 54.6 Å². The Morgan fingerprint density at radius 1 is 1.04 bits per heavy atom. The molecule has 0 saturated heterocycles. The molecule has 0 aliphatic heterocycles. The van der Waals surface area contributed by atoms with Gasteiger partial charge in [0.05, 0.1) is 18.8 Å². The number of aromatic nitrogens is 2. The molecule has 1 heterocycles. The first-order valence-electron chi connectivity index (χ1n) is 9.09. The van der Waals surface area contributed by atoms with E-state index in [-0.39, 0.29) is 11.9 Å². The van der Waals surface area contributed by atoms with E-state index in [0.717, 1.165) is 11.1 Å². The number of aryl methyl sites for hydroxylation is 2. The number of carbonyl (C=O) groups is 1. The van der Waals surface area contributed by atoms with Gasteiger partial charge >= 0.3 is 0 Å². The minimum absolute atomic E-state index is 0.00998. The molecule has 0 saturated carbocycles. The molecule has 6 heteroatoms. The summed E-state index contributed by atoms with van der Waals surface area (Å²) in [5, 5.41) is 6.14. The smallest absolute Gasteiger partial charge is 0.274 e. The molecule has 0 aliphatic rings. The van der Waals surface area contributed by atoms with E-state index in [0.29, 0.717) is 28.8 Å². The van der Waals surface area contributed by atoms with Gasteiger partial charge in [-0.15, -0.1) is 0 Å². The average Bonchev–Trinajstić information content (AvgIpc) is 2.68. The van der Waals surface area contributed by atoms with Crippen molar-refractivity contribution < 1.29 is 9.53 Å². The van der Waals surface area contributed by atoms with E-state index in [2.05, 4.69) is 20.6 Å². The second-order valence-electron chi connectivity index (χ2n) is 6.65. The van der Waals surface area contributed by atoms with Crippen molar-refractivity contribution in [1.82, 2.24) is 9.97 Å². The third-order valence-corrected chi connectivity index (χ3v) is 4.34. The van der Waals surface area contributed by atoms with Crippen molar-refractivity contribution in [3.63, 3.8) is 0 Å². The average molecular weight is 376 g/mol. The van der Waals surface area contributed by atoms with Crippen LogP contribution in [0, 0.1) is 13.8 Å². The molecular formula is C22H24N4O2. The number of benzene rings is 2. The Morgan fingerprint density at radius 2 is 1.79 bits per heavy atom. The maximum atomic E-state index is 12.8. The second kappa shape index (κ2) is 8.52. The molecule has 0 bridgehead atoms. The second-order valence-corrected chi connectivity index (χ2v) is 6.65. The minimum Gasteiger partial charge on any atom is -0.495 e. The van der Waals surface area contributed by atoms with E-state index < -0.39 is 0 Å².